The Bertz CT molecular complexity index is 425. The van der Waals surface area contributed by atoms with Gasteiger partial charge in [-0.3, -0.25) is 0 Å². The lowest BCUT2D eigenvalue weighted by molar-refractivity contribution is 0.416. The van der Waals surface area contributed by atoms with Gasteiger partial charge in [-0.05, 0) is 11.6 Å². The zero-order valence-corrected chi connectivity index (χ0v) is 10.1. The second-order valence-electron chi connectivity index (χ2n) is 3.54. The zero-order chi connectivity index (χ0) is 11.2. The second kappa shape index (κ2) is 5.68. The third-order valence-electron chi connectivity index (χ3n) is 2.34. The van der Waals surface area contributed by atoms with E-state index in [1.54, 1.807) is 18.4 Å². The van der Waals surface area contributed by atoms with Gasteiger partial charge in [0.2, 0.25) is 0 Å². The summed E-state index contributed by atoms with van der Waals surface area (Å²) < 4.78 is 5.14. The number of benzene rings is 1. The van der Waals surface area contributed by atoms with Crippen LogP contribution in [0.4, 0.5) is 0 Å². The van der Waals surface area contributed by atoms with Gasteiger partial charge in [0.05, 0.1) is 7.11 Å². The highest BCUT2D eigenvalue weighted by molar-refractivity contribution is 7.10. The van der Waals surface area contributed by atoms with Gasteiger partial charge in [-0.25, -0.2) is 0 Å². The summed E-state index contributed by atoms with van der Waals surface area (Å²) in [5, 5.41) is 5.44. The van der Waals surface area contributed by atoms with Crippen molar-refractivity contribution in [2.45, 2.75) is 13.1 Å². The Kier molecular flexibility index (Phi) is 3.97. The van der Waals surface area contributed by atoms with Crippen LogP contribution in [0.2, 0.25) is 0 Å². The molecule has 1 N–H and O–H groups in total. The Morgan fingerprint density at radius 2 is 2.00 bits per heavy atom. The third-order valence-corrected chi connectivity index (χ3v) is 3.25. The molecule has 1 aromatic heterocycles. The Labute approximate surface area is 99.9 Å². The van der Waals surface area contributed by atoms with E-state index in [0.29, 0.717) is 0 Å². The SMILES string of the molecule is COc1csc(CNCc2ccccc2)c1. The van der Waals surface area contributed by atoms with Crippen molar-refractivity contribution >= 4 is 11.3 Å². The quantitative estimate of drug-likeness (QED) is 0.857. The number of hydrogen-bond acceptors (Lipinski definition) is 3. The molecule has 3 heteroatoms. The number of thiophene rings is 1. The molecule has 0 atom stereocenters. The molecular formula is C13H15NOS. The largest absolute Gasteiger partial charge is 0.496 e. The molecule has 16 heavy (non-hydrogen) atoms. The molecule has 0 aliphatic carbocycles. The summed E-state index contributed by atoms with van der Waals surface area (Å²) in [6.07, 6.45) is 0. The summed E-state index contributed by atoms with van der Waals surface area (Å²) >= 11 is 1.72. The molecule has 2 rings (SSSR count). The predicted molar refractivity (Wildman–Crippen MR) is 67.9 cm³/mol. The van der Waals surface area contributed by atoms with Crippen LogP contribution in [0.1, 0.15) is 10.4 Å². The van der Waals surface area contributed by atoms with Gasteiger partial charge < -0.3 is 10.1 Å². The maximum Gasteiger partial charge on any atom is 0.129 e. The first-order chi connectivity index (χ1) is 7.88. The van der Waals surface area contributed by atoms with E-state index in [1.807, 2.05) is 11.4 Å². The maximum absolute atomic E-state index is 5.14. The minimum Gasteiger partial charge on any atom is -0.496 e. The van der Waals surface area contributed by atoms with Gasteiger partial charge in [0.1, 0.15) is 5.75 Å². The minimum absolute atomic E-state index is 0.892. The Morgan fingerprint density at radius 1 is 1.19 bits per heavy atom. The van der Waals surface area contributed by atoms with Gasteiger partial charge in [-0.1, -0.05) is 30.3 Å². The maximum atomic E-state index is 5.14. The van der Waals surface area contributed by atoms with Crippen LogP contribution < -0.4 is 10.1 Å². The molecule has 0 bridgehead atoms. The summed E-state index contributed by atoms with van der Waals surface area (Å²) in [4.78, 5) is 1.30. The van der Waals surface area contributed by atoms with Crippen molar-refractivity contribution in [3.05, 3.63) is 52.2 Å². The molecule has 0 fully saturated rings. The first-order valence-electron chi connectivity index (χ1n) is 5.24. The van der Waals surface area contributed by atoms with Crippen LogP contribution in [0.25, 0.3) is 0 Å². The third kappa shape index (κ3) is 3.08. The number of hydrogen-bond donors (Lipinski definition) is 1. The fourth-order valence-electron chi connectivity index (χ4n) is 1.49. The van der Waals surface area contributed by atoms with Gasteiger partial charge in [0.25, 0.3) is 0 Å². The second-order valence-corrected chi connectivity index (χ2v) is 4.54. The standard InChI is InChI=1S/C13H15NOS/c1-15-12-7-13(16-10-12)9-14-8-11-5-3-2-4-6-11/h2-7,10,14H,8-9H2,1H3. The van der Waals surface area contributed by atoms with E-state index in [2.05, 4.69) is 35.6 Å². The summed E-state index contributed by atoms with van der Waals surface area (Å²) in [5.74, 6) is 0.946. The van der Waals surface area contributed by atoms with E-state index in [4.69, 9.17) is 4.74 Å². The number of nitrogens with one attached hydrogen (secondary N) is 1. The Morgan fingerprint density at radius 3 is 2.69 bits per heavy atom. The van der Waals surface area contributed by atoms with Crippen LogP contribution in [0.3, 0.4) is 0 Å². The Balaban J connectivity index is 1.80. The molecule has 0 aliphatic rings. The van der Waals surface area contributed by atoms with Gasteiger partial charge in [0.15, 0.2) is 0 Å². The van der Waals surface area contributed by atoms with E-state index >= 15 is 0 Å². The van der Waals surface area contributed by atoms with Gasteiger partial charge >= 0.3 is 0 Å². The summed E-state index contributed by atoms with van der Waals surface area (Å²) in [6.45, 7) is 1.80. The molecule has 0 aliphatic heterocycles. The Hall–Kier alpha value is -1.32. The van der Waals surface area contributed by atoms with Crippen molar-refractivity contribution in [2.24, 2.45) is 0 Å². The van der Waals surface area contributed by atoms with Crippen molar-refractivity contribution in [3.8, 4) is 5.75 Å². The molecular weight excluding hydrogens is 218 g/mol. The van der Waals surface area contributed by atoms with Crippen LogP contribution in [-0.2, 0) is 13.1 Å². The van der Waals surface area contributed by atoms with Crippen molar-refractivity contribution in [1.29, 1.82) is 0 Å². The molecule has 0 amide bonds. The average molecular weight is 233 g/mol. The number of rotatable bonds is 5. The molecule has 1 aromatic carbocycles. The zero-order valence-electron chi connectivity index (χ0n) is 9.27. The topological polar surface area (TPSA) is 21.3 Å². The molecule has 0 saturated heterocycles. The molecule has 2 aromatic rings. The van der Waals surface area contributed by atoms with Gasteiger partial charge in [-0.15, -0.1) is 11.3 Å². The van der Waals surface area contributed by atoms with E-state index in [-0.39, 0.29) is 0 Å². The van der Waals surface area contributed by atoms with Crippen LogP contribution in [0, 0.1) is 0 Å². The van der Waals surface area contributed by atoms with Crippen LogP contribution in [0.15, 0.2) is 41.8 Å². The summed E-state index contributed by atoms with van der Waals surface area (Å²) in [7, 11) is 1.70. The number of methoxy groups -OCH3 is 1. The minimum atomic E-state index is 0.892. The van der Waals surface area contributed by atoms with Crippen molar-refractivity contribution in [2.75, 3.05) is 7.11 Å². The van der Waals surface area contributed by atoms with Crippen LogP contribution >= 0.6 is 11.3 Å². The fraction of sp³-hybridized carbons (Fsp3) is 0.231. The van der Waals surface area contributed by atoms with Gasteiger partial charge in [0, 0.05) is 23.3 Å². The summed E-state index contributed by atoms with van der Waals surface area (Å²) in [6, 6.07) is 12.5. The predicted octanol–water partition coefficient (Wildman–Crippen LogP) is 3.05. The fourth-order valence-corrected chi connectivity index (χ4v) is 2.29. The van der Waals surface area contributed by atoms with E-state index in [1.165, 1.54) is 10.4 Å². The van der Waals surface area contributed by atoms with Crippen LogP contribution in [0.5, 0.6) is 5.75 Å². The smallest absolute Gasteiger partial charge is 0.129 e. The molecule has 0 radical (unpaired) electrons. The molecule has 0 unspecified atom stereocenters. The highest BCUT2D eigenvalue weighted by atomic mass is 32.1. The van der Waals surface area contributed by atoms with Crippen LogP contribution in [-0.4, -0.2) is 7.11 Å². The first kappa shape index (κ1) is 11.2. The molecule has 0 saturated carbocycles. The van der Waals surface area contributed by atoms with Crippen molar-refractivity contribution in [1.82, 2.24) is 5.32 Å². The lowest BCUT2D eigenvalue weighted by Crippen LogP contribution is -2.11. The molecule has 0 spiro atoms. The van der Waals surface area contributed by atoms with E-state index < -0.39 is 0 Å². The highest BCUT2D eigenvalue weighted by Crippen LogP contribution is 2.20. The monoisotopic (exact) mass is 233 g/mol. The molecule has 1 heterocycles. The number of ether oxygens (including phenoxy) is 1. The normalized spacial score (nSPS) is 10.3. The lowest BCUT2D eigenvalue weighted by Gasteiger charge is -2.02. The van der Waals surface area contributed by atoms with E-state index in [0.717, 1.165) is 18.8 Å². The van der Waals surface area contributed by atoms with E-state index in [9.17, 15) is 0 Å². The summed E-state index contributed by atoms with van der Waals surface area (Å²) in [5.41, 5.74) is 1.31. The highest BCUT2D eigenvalue weighted by Gasteiger charge is 1.99. The first-order valence-corrected chi connectivity index (χ1v) is 6.12. The average Bonchev–Trinajstić information content (AvgIpc) is 2.78. The lowest BCUT2D eigenvalue weighted by atomic mass is 10.2. The van der Waals surface area contributed by atoms with Gasteiger partial charge in [-0.2, -0.15) is 0 Å². The van der Waals surface area contributed by atoms with Crippen molar-refractivity contribution < 1.29 is 4.74 Å². The van der Waals surface area contributed by atoms with Crippen molar-refractivity contribution in [3.63, 3.8) is 0 Å². The molecule has 84 valence electrons. The molecule has 2 nitrogen and oxygen atoms in total.